The number of nitrogens with zero attached hydrogens (tertiary/aromatic N) is 2. The second-order valence-electron chi connectivity index (χ2n) is 8.33. The van der Waals surface area contributed by atoms with E-state index in [1.807, 2.05) is 19.1 Å². The molecule has 1 aliphatic heterocycles. The third-order valence-corrected chi connectivity index (χ3v) is 7.40. The summed E-state index contributed by atoms with van der Waals surface area (Å²) in [5, 5.41) is 11.1. The van der Waals surface area contributed by atoms with E-state index in [0.29, 0.717) is 56.0 Å². The van der Waals surface area contributed by atoms with Crippen molar-refractivity contribution in [1.29, 1.82) is 5.26 Å². The van der Waals surface area contributed by atoms with E-state index in [9.17, 15) is 10.1 Å². The first-order valence-corrected chi connectivity index (χ1v) is 12.7. The minimum Gasteiger partial charge on any atom is -0.490 e. The summed E-state index contributed by atoms with van der Waals surface area (Å²) in [5.74, 6) is 0.804. The number of allylic oxidation sites excluding steroid dienone is 3. The molecule has 2 aliphatic rings. The third-order valence-electron chi connectivity index (χ3n) is 6.22. The Kier molecular flexibility index (Phi) is 7.65. The van der Waals surface area contributed by atoms with Gasteiger partial charge in [-0.3, -0.25) is 4.79 Å². The minimum absolute atomic E-state index is 0.0372. The number of hydrogen-bond acceptors (Lipinski definition) is 6. The average Bonchev–Trinajstić information content (AvgIpc) is 2.82. The number of ether oxygens (including phenoxy) is 2. The van der Waals surface area contributed by atoms with Crippen molar-refractivity contribution in [2.75, 3.05) is 13.7 Å². The van der Waals surface area contributed by atoms with Crippen molar-refractivity contribution in [2.45, 2.75) is 38.7 Å². The molecule has 4 rings (SSSR count). The molecular formula is C26H24BrCl2N3O3. The number of carbonyl (C=O) groups is 1. The normalized spacial score (nSPS) is 17.9. The van der Waals surface area contributed by atoms with Crippen molar-refractivity contribution >= 4 is 44.9 Å². The summed E-state index contributed by atoms with van der Waals surface area (Å²) < 4.78 is 12.6. The van der Waals surface area contributed by atoms with Gasteiger partial charge in [-0.2, -0.15) is 5.26 Å². The molecule has 1 atom stereocenters. The van der Waals surface area contributed by atoms with Crippen LogP contribution in [0.5, 0.6) is 11.5 Å². The van der Waals surface area contributed by atoms with Crippen molar-refractivity contribution in [1.82, 2.24) is 4.90 Å². The Morgan fingerprint density at radius 2 is 2.00 bits per heavy atom. The highest BCUT2D eigenvalue weighted by Crippen LogP contribution is 2.47. The second-order valence-corrected chi connectivity index (χ2v) is 10.0. The maximum atomic E-state index is 13.1. The summed E-state index contributed by atoms with van der Waals surface area (Å²) in [4.78, 5) is 14.8. The summed E-state index contributed by atoms with van der Waals surface area (Å²) in [6, 6.07) is 11.1. The Hall–Kier alpha value is -2.66. The van der Waals surface area contributed by atoms with Crippen molar-refractivity contribution in [3.8, 4) is 17.6 Å². The zero-order valence-corrected chi connectivity index (χ0v) is 22.4. The number of rotatable bonds is 6. The van der Waals surface area contributed by atoms with Gasteiger partial charge in [-0.15, -0.1) is 0 Å². The van der Waals surface area contributed by atoms with E-state index in [1.54, 1.807) is 30.1 Å². The van der Waals surface area contributed by atoms with E-state index in [1.165, 1.54) is 0 Å². The van der Waals surface area contributed by atoms with Gasteiger partial charge in [0, 0.05) is 40.3 Å². The van der Waals surface area contributed by atoms with E-state index >= 15 is 0 Å². The molecule has 0 fully saturated rings. The molecule has 0 bridgehead atoms. The topological polar surface area (TPSA) is 88.6 Å². The molecule has 2 aromatic carbocycles. The highest BCUT2D eigenvalue weighted by Gasteiger charge is 2.39. The molecular weight excluding hydrogens is 553 g/mol. The molecule has 182 valence electrons. The zero-order chi connectivity index (χ0) is 25.3. The van der Waals surface area contributed by atoms with Crippen molar-refractivity contribution in [3.05, 3.63) is 78.6 Å². The lowest BCUT2D eigenvalue weighted by atomic mass is 9.76. The number of nitriles is 1. The van der Waals surface area contributed by atoms with E-state index in [0.717, 1.165) is 29.7 Å². The molecule has 6 nitrogen and oxygen atoms in total. The Morgan fingerprint density at radius 1 is 1.23 bits per heavy atom. The summed E-state index contributed by atoms with van der Waals surface area (Å²) in [6.45, 7) is 2.48. The molecule has 9 heteroatoms. The van der Waals surface area contributed by atoms with Crippen LogP contribution >= 0.6 is 39.1 Å². The van der Waals surface area contributed by atoms with E-state index in [-0.39, 0.29) is 12.4 Å². The molecule has 2 N–H and O–H groups in total. The van der Waals surface area contributed by atoms with Crippen molar-refractivity contribution in [3.63, 3.8) is 0 Å². The summed E-state index contributed by atoms with van der Waals surface area (Å²) in [5.41, 5.74) is 9.71. The van der Waals surface area contributed by atoms with Gasteiger partial charge in [0.05, 0.1) is 28.6 Å². The number of halogens is 3. The lowest BCUT2D eigenvalue weighted by Crippen LogP contribution is -2.36. The molecule has 0 unspecified atom stereocenters. The van der Waals surface area contributed by atoms with Gasteiger partial charge in [-0.25, -0.2) is 0 Å². The Balaban J connectivity index is 1.78. The average molecular weight is 577 g/mol. The van der Waals surface area contributed by atoms with Crippen LogP contribution in [0.1, 0.15) is 43.2 Å². The van der Waals surface area contributed by atoms with Crippen LogP contribution in [-0.4, -0.2) is 24.3 Å². The zero-order valence-electron chi connectivity index (χ0n) is 19.3. The largest absolute Gasteiger partial charge is 0.490 e. The second kappa shape index (κ2) is 10.5. The van der Waals surface area contributed by atoms with Gasteiger partial charge < -0.3 is 20.1 Å². The first-order valence-electron chi connectivity index (χ1n) is 11.2. The first kappa shape index (κ1) is 25.4. The number of nitrogens with two attached hydrogens (primary N) is 1. The van der Waals surface area contributed by atoms with Crippen LogP contribution in [0.25, 0.3) is 0 Å². The van der Waals surface area contributed by atoms with E-state index in [2.05, 4.69) is 22.0 Å². The lowest BCUT2D eigenvalue weighted by molar-refractivity contribution is -0.116. The summed E-state index contributed by atoms with van der Waals surface area (Å²) in [6.07, 6.45) is 1.94. The molecule has 0 amide bonds. The van der Waals surface area contributed by atoms with Gasteiger partial charge >= 0.3 is 0 Å². The summed E-state index contributed by atoms with van der Waals surface area (Å²) >= 11 is 15.9. The van der Waals surface area contributed by atoms with Gasteiger partial charge in [-0.05, 0) is 65.5 Å². The first-order chi connectivity index (χ1) is 16.8. The molecule has 0 saturated heterocycles. The molecule has 2 aromatic rings. The van der Waals surface area contributed by atoms with E-state index < -0.39 is 5.92 Å². The predicted molar refractivity (Wildman–Crippen MR) is 139 cm³/mol. The quantitative estimate of drug-likeness (QED) is 0.424. The number of benzene rings is 2. The van der Waals surface area contributed by atoms with Crippen LogP contribution in [0.4, 0.5) is 0 Å². The van der Waals surface area contributed by atoms with Crippen LogP contribution in [0.3, 0.4) is 0 Å². The molecule has 0 radical (unpaired) electrons. The van der Waals surface area contributed by atoms with Crippen molar-refractivity contribution in [2.24, 2.45) is 5.73 Å². The van der Waals surface area contributed by atoms with Crippen molar-refractivity contribution < 1.29 is 14.3 Å². The fourth-order valence-corrected chi connectivity index (χ4v) is 5.58. The monoisotopic (exact) mass is 575 g/mol. The molecule has 1 heterocycles. The molecule has 0 spiro atoms. The lowest BCUT2D eigenvalue weighted by Gasteiger charge is -2.37. The van der Waals surface area contributed by atoms with Crippen LogP contribution < -0.4 is 15.2 Å². The molecule has 0 aromatic heterocycles. The van der Waals surface area contributed by atoms with Gasteiger partial charge in [0.15, 0.2) is 17.3 Å². The van der Waals surface area contributed by atoms with Gasteiger partial charge in [-0.1, -0.05) is 29.3 Å². The van der Waals surface area contributed by atoms with Gasteiger partial charge in [0.25, 0.3) is 0 Å². The fraction of sp³-hybridized carbons (Fsp3) is 0.308. The molecule has 35 heavy (non-hydrogen) atoms. The van der Waals surface area contributed by atoms with Crippen LogP contribution in [0, 0.1) is 11.3 Å². The molecule has 0 saturated carbocycles. The van der Waals surface area contributed by atoms with Gasteiger partial charge in [0.1, 0.15) is 12.4 Å². The summed E-state index contributed by atoms with van der Waals surface area (Å²) in [7, 11) is 1.80. The third kappa shape index (κ3) is 4.88. The van der Waals surface area contributed by atoms with Crippen LogP contribution in [-0.2, 0) is 11.4 Å². The standard InChI is InChI=1S/C26H24BrCl2N3O3/c1-3-34-22-10-15(9-18(27)25(22)35-13-14-7-8-16(28)11-19(14)29)23-17(12-30)26(31)32(2)20-5-4-6-21(33)24(20)23/h7-11,23H,3-6,13,31H2,1-2H3/t23-/m1/s1. The SMILES string of the molecule is CCOc1cc([C@@H]2C(C#N)=C(N)N(C)C3=C2C(=O)CCC3)cc(Br)c1OCc1ccc(Cl)cc1Cl. The minimum atomic E-state index is -0.575. The predicted octanol–water partition coefficient (Wildman–Crippen LogP) is 6.46. The number of carbonyl (C=O) groups excluding carboxylic acids is 1. The Morgan fingerprint density at radius 3 is 2.69 bits per heavy atom. The smallest absolute Gasteiger partial charge is 0.175 e. The van der Waals surface area contributed by atoms with Gasteiger partial charge in [0.2, 0.25) is 0 Å². The Labute approximate surface area is 223 Å². The molecule has 1 aliphatic carbocycles. The highest BCUT2D eigenvalue weighted by atomic mass is 79.9. The fourth-order valence-electron chi connectivity index (χ4n) is 4.54. The van der Waals surface area contributed by atoms with Crippen LogP contribution in [0.15, 0.2) is 57.5 Å². The maximum Gasteiger partial charge on any atom is 0.175 e. The van der Waals surface area contributed by atoms with Crippen LogP contribution in [0.2, 0.25) is 10.0 Å². The van der Waals surface area contributed by atoms with E-state index in [4.69, 9.17) is 38.4 Å². The maximum absolute atomic E-state index is 13.1. The number of hydrogen-bond donors (Lipinski definition) is 1. The number of ketones is 1. The Bertz CT molecular complexity index is 1300. The highest BCUT2D eigenvalue weighted by molar-refractivity contribution is 9.10. The number of Topliss-reactive ketones (excluding diaryl/α,β-unsaturated/α-hetero) is 1.